The van der Waals surface area contributed by atoms with Gasteiger partial charge in [0.15, 0.2) is 0 Å². The van der Waals surface area contributed by atoms with E-state index in [1.165, 1.54) is 4.90 Å². The number of hydrogen-bond donors (Lipinski definition) is 0. The summed E-state index contributed by atoms with van der Waals surface area (Å²) in [6.07, 6.45) is 5.75. The second-order valence-corrected chi connectivity index (χ2v) is 5.94. The second kappa shape index (κ2) is 4.39. The van der Waals surface area contributed by atoms with Gasteiger partial charge in [0.25, 0.3) is 0 Å². The number of imide groups is 1. The van der Waals surface area contributed by atoms with Crippen LogP contribution < -0.4 is 0 Å². The monoisotopic (exact) mass is 283 g/mol. The Hall–Kier alpha value is -0.730. The van der Waals surface area contributed by atoms with Crippen LogP contribution in [0.3, 0.4) is 0 Å². The molecular weight excluding hydrogens is 261 g/mol. The van der Waals surface area contributed by atoms with E-state index in [2.05, 4.69) is 6.92 Å². The highest BCUT2D eigenvalue weighted by molar-refractivity contribution is 6.92. The van der Waals surface area contributed by atoms with E-state index in [9.17, 15) is 9.59 Å². The first-order valence-corrected chi connectivity index (χ1v) is 6.69. The molecule has 3 aliphatic rings. The number of unbranched alkanes of at least 4 members (excludes halogenated alkanes) is 1. The maximum Gasteiger partial charge on any atom is 0.236 e. The van der Waals surface area contributed by atoms with Crippen molar-refractivity contribution in [1.82, 2.24) is 4.90 Å². The van der Waals surface area contributed by atoms with Gasteiger partial charge in [-0.1, -0.05) is 25.5 Å². The molecule has 0 radical (unpaired) electrons. The molecular formula is C14H22NO3P. The number of rotatable bonds is 3. The van der Waals surface area contributed by atoms with E-state index < -0.39 is 11.2 Å². The van der Waals surface area contributed by atoms with E-state index in [-0.39, 0.29) is 33.5 Å². The highest BCUT2D eigenvalue weighted by atomic mass is 31.0. The molecule has 0 aromatic carbocycles. The first kappa shape index (κ1) is 14.7. The van der Waals surface area contributed by atoms with Gasteiger partial charge in [-0.25, -0.2) is 0 Å². The van der Waals surface area contributed by atoms with Crippen molar-refractivity contribution in [3.05, 3.63) is 12.2 Å². The fourth-order valence-corrected chi connectivity index (χ4v) is 3.63. The van der Waals surface area contributed by atoms with Crippen molar-refractivity contribution >= 4 is 21.7 Å². The van der Waals surface area contributed by atoms with Crippen LogP contribution in [-0.2, 0) is 14.3 Å². The first-order valence-electron chi connectivity index (χ1n) is 6.69. The van der Waals surface area contributed by atoms with Crippen LogP contribution in [0.5, 0.6) is 0 Å². The van der Waals surface area contributed by atoms with Gasteiger partial charge in [0, 0.05) is 6.54 Å². The SMILES string of the molecule is CCCCN1C(=O)[C@@H]2[C@H](C1=O)[C@@]1(C)C=C[C@]2(C)O1.P. The maximum absolute atomic E-state index is 12.4. The molecule has 2 bridgehead atoms. The highest BCUT2D eigenvalue weighted by Gasteiger charge is 2.70. The van der Waals surface area contributed by atoms with Crippen LogP contribution in [-0.4, -0.2) is 34.5 Å². The molecule has 0 aromatic heterocycles. The molecule has 2 fully saturated rings. The Morgan fingerprint density at radius 2 is 1.63 bits per heavy atom. The smallest absolute Gasteiger partial charge is 0.236 e. The molecule has 3 rings (SSSR count). The average molecular weight is 283 g/mol. The van der Waals surface area contributed by atoms with E-state index in [4.69, 9.17) is 4.74 Å². The summed E-state index contributed by atoms with van der Waals surface area (Å²) in [5.74, 6) is -0.739. The molecule has 2 saturated heterocycles. The lowest BCUT2D eigenvalue weighted by atomic mass is 9.73. The third-order valence-corrected chi connectivity index (χ3v) is 4.55. The van der Waals surface area contributed by atoms with E-state index in [0.717, 1.165) is 12.8 Å². The number of carbonyl (C=O) groups excluding carboxylic acids is 2. The average Bonchev–Trinajstić information content (AvgIpc) is 2.84. The van der Waals surface area contributed by atoms with Crippen LogP contribution in [0.2, 0.25) is 0 Å². The first-order chi connectivity index (χ1) is 8.43. The van der Waals surface area contributed by atoms with Gasteiger partial charge in [0.2, 0.25) is 11.8 Å². The van der Waals surface area contributed by atoms with Gasteiger partial charge in [-0.2, -0.15) is 9.90 Å². The zero-order valence-electron chi connectivity index (χ0n) is 11.8. The third kappa shape index (κ3) is 1.73. The molecule has 5 heteroatoms. The van der Waals surface area contributed by atoms with Gasteiger partial charge >= 0.3 is 0 Å². The molecule has 0 aliphatic carbocycles. The summed E-state index contributed by atoms with van der Waals surface area (Å²) < 4.78 is 5.93. The Labute approximate surface area is 117 Å². The number of likely N-dealkylation sites (tertiary alicyclic amines) is 1. The molecule has 19 heavy (non-hydrogen) atoms. The van der Waals surface area contributed by atoms with Gasteiger partial charge in [0.1, 0.15) is 0 Å². The minimum absolute atomic E-state index is 0. The number of hydrogen-bond acceptors (Lipinski definition) is 3. The Balaban J connectivity index is 0.00000133. The summed E-state index contributed by atoms with van der Waals surface area (Å²) >= 11 is 0. The number of ether oxygens (including phenoxy) is 1. The summed E-state index contributed by atoms with van der Waals surface area (Å²) in [7, 11) is 0. The number of nitrogens with zero attached hydrogens (tertiary/aromatic N) is 1. The summed E-state index contributed by atoms with van der Waals surface area (Å²) in [5, 5.41) is 0. The van der Waals surface area contributed by atoms with Crippen molar-refractivity contribution in [2.75, 3.05) is 6.54 Å². The second-order valence-electron chi connectivity index (χ2n) is 5.94. The summed E-state index contributed by atoms with van der Waals surface area (Å²) in [6.45, 7) is 6.43. The van der Waals surface area contributed by atoms with Crippen molar-refractivity contribution < 1.29 is 14.3 Å². The maximum atomic E-state index is 12.4. The molecule has 3 aliphatic heterocycles. The number of amides is 2. The Morgan fingerprint density at radius 3 is 2.05 bits per heavy atom. The molecule has 2 amide bonds. The Bertz CT molecular complexity index is 428. The van der Waals surface area contributed by atoms with E-state index >= 15 is 0 Å². The number of fused-ring (bicyclic) bond motifs is 5. The van der Waals surface area contributed by atoms with E-state index in [0.29, 0.717) is 6.54 Å². The summed E-state index contributed by atoms with van der Waals surface area (Å²) in [6, 6.07) is 0. The van der Waals surface area contributed by atoms with Crippen LogP contribution in [0.1, 0.15) is 33.6 Å². The number of carbonyl (C=O) groups is 2. The quantitative estimate of drug-likeness (QED) is 0.448. The predicted octanol–water partition coefficient (Wildman–Crippen LogP) is 1.56. The Morgan fingerprint density at radius 1 is 1.16 bits per heavy atom. The summed E-state index contributed by atoms with van der Waals surface area (Å²) in [4.78, 5) is 26.3. The molecule has 3 heterocycles. The van der Waals surface area contributed by atoms with Crippen molar-refractivity contribution in [2.45, 2.75) is 44.8 Å². The lowest BCUT2D eigenvalue weighted by molar-refractivity contribution is -0.146. The molecule has 0 N–H and O–H groups in total. The molecule has 0 aromatic rings. The molecule has 0 saturated carbocycles. The van der Waals surface area contributed by atoms with Crippen LogP contribution >= 0.6 is 9.90 Å². The lowest BCUT2D eigenvalue weighted by Crippen LogP contribution is -2.39. The van der Waals surface area contributed by atoms with Gasteiger partial charge in [-0.3, -0.25) is 14.5 Å². The van der Waals surface area contributed by atoms with E-state index in [1.54, 1.807) is 0 Å². The largest absolute Gasteiger partial charge is 0.359 e. The summed E-state index contributed by atoms with van der Waals surface area (Å²) in [5.41, 5.74) is -1.18. The zero-order chi connectivity index (χ0) is 13.1. The Kier molecular flexibility index (Phi) is 3.39. The van der Waals surface area contributed by atoms with Crippen LogP contribution in [0.15, 0.2) is 12.2 Å². The van der Waals surface area contributed by atoms with Gasteiger partial charge in [-0.05, 0) is 20.3 Å². The van der Waals surface area contributed by atoms with Crippen molar-refractivity contribution in [2.24, 2.45) is 11.8 Å². The fourth-order valence-electron chi connectivity index (χ4n) is 3.63. The van der Waals surface area contributed by atoms with E-state index in [1.807, 2.05) is 26.0 Å². The van der Waals surface area contributed by atoms with Gasteiger partial charge in [0.05, 0.1) is 23.0 Å². The normalized spacial score (nSPS) is 42.8. The fraction of sp³-hybridized carbons (Fsp3) is 0.714. The molecule has 4 nitrogen and oxygen atoms in total. The topological polar surface area (TPSA) is 46.6 Å². The highest BCUT2D eigenvalue weighted by Crippen LogP contribution is 2.56. The minimum Gasteiger partial charge on any atom is -0.359 e. The zero-order valence-corrected chi connectivity index (χ0v) is 13.2. The van der Waals surface area contributed by atoms with Crippen LogP contribution in [0.4, 0.5) is 0 Å². The standard InChI is InChI=1S/C14H19NO3.H3P/c1-4-5-8-15-11(16)9-10(12(15)17)14(3)7-6-13(9,2)18-14;/h6-7,9-10H,4-5,8H2,1-3H3;1H3/t9-,10+,13-,14+;. The third-order valence-electron chi connectivity index (χ3n) is 4.55. The predicted molar refractivity (Wildman–Crippen MR) is 76.7 cm³/mol. The van der Waals surface area contributed by atoms with Gasteiger partial charge < -0.3 is 4.74 Å². The van der Waals surface area contributed by atoms with Crippen molar-refractivity contribution in [1.29, 1.82) is 0 Å². The van der Waals surface area contributed by atoms with Crippen molar-refractivity contribution in [3.63, 3.8) is 0 Å². The molecule has 5 atom stereocenters. The minimum atomic E-state index is -0.590. The molecule has 0 spiro atoms. The van der Waals surface area contributed by atoms with Crippen LogP contribution in [0, 0.1) is 11.8 Å². The van der Waals surface area contributed by atoms with Gasteiger partial charge in [-0.15, -0.1) is 0 Å². The molecule has 1 unspecified atom stereocenters. The lowest BCUT2D eigenvalue weighted by Gasteiger charge is -2.25. The molecule has 106 valence electrons. The van der Waals surface area contributed by atoms with Crippen molar-refractivity contribution in [3.8, 4) is 0 Å². The van der Waals surface area contributed by atoms with Crippen LogP contribution in [0.25, 0.3) is 0 Å².